The van der Waals surface area contributed by atoms with Crippen LogP contribution in [0.25, 0.3) is 0 Å². The minimum absolute atomic E-state index is 0.0910. The Kier molecular flexibility index (Phi) is 13.6. The minimum Gasteiger partial charge on any atom is -0.444 e. The Morgan fingerprint density at radius 1 is 1.33 bits per heavy atom. The van der Waals surface area contributed by atoms with E-state index in [1.807, 2.05) is 26.8 Å². The lowest BCUT2D eigenvalue weighted by atomic mass is 10.1. The van der Waals surface area contributed by atoms with Crippen molar-refractivity contribution in [2.75, 3.05) is 0 Å². The molecule has 0 aliphatic heterocycles. The number of rotatable bonds is 6. The molecule has 0 aliphatic rings. The van der Waals surface area contributed by atoms with Crippen molar-refractivity contribution in [3.8, 4) is 12.8 Å². The molecule has 164 valence electrons. The lowest BCUT2D eigenvalue weighted by molar-refractivity contribution is 0.0501. The molecule has 1 heterocycles. The Morgan fingerprint density at radius 2 is 1.90 bits per heavy atom. The van der Waals surface area contributed by atoms with Gasteiger partial charge in [0.05, 0.1) is 16.4 Å². The summed E-state index contributed by atoms with van der Waals surface area (Å²) in [5, 5.41) is 2.92. The molecular weight excluding hydrogens is 474 g/mol. The van der Waals surface area contributed by atoms with E-state index in [2.05, 4.69) is 45.7 Å². The average molecular weight is 501 g/mol. The maximum absolute atomic E-state index is 11.9. The second-order valence-electron chi connectivity index (χ2n) is 6.84. The van der Waals surface area contributed by atoms with Gasteiger partial charge in [0.25, 0.3) is 0 Å². The van der Waals surface area contributed by atoms with Gasteiger partial charge in [-0.25, -0.2) is 18.6 Å². The third-order valence-electron chi connectivity index (χ3n) is 3.28. The zero-order chi connectivity index (χ0) is 23.2. The van der Waals surface area contributed by atoms with E-state index in [1.54, 1.807) is 5.51 Å². The molecule has 30 heavy (non-hydrogen) atoms. The van der Waals surface area contributed by atoms with Gasteiger partial charge in [-0.1, -0.05) is 18.2 Å². The second kappa shape index (κ2) is 14.7. The molecule has 4 nitrogen and oxygen atoms in total. The van der Waals surface area contributed by atoms with Crippen molar-refractivity contribution in [3.63, 3.8) is 0 Å². The molecule has 0 aliphatic carbocycles. The fraction of sp³-hybridized carbons (Fsp3) is 0.364. The summed E-state index contributed by atoms with van der Waals surface area (Å²) in [6.45, 7) is 9.26. The normalized spacial score (nSPS) is 11.1. The number of nitrogens with zero attached hydrogens (tertiary/aromatic N) is 1. The number of nitrogens with one attached hydrogen (secondary N) is 1. The van der Waals surface area contributed by atoms with E-state index in [-0.39, 0.29) is 6.04 Å². The summed E-state index contributed by atoms with van der Waals surface area (Å²) in [5.74, 6) is -1.60. The zero-order valence-electron chi connectivity index (χ0n) is 17.3. The summed E-state index contributed by atoms with van der Waals surface area (Å²) >= 11 is 4.94. The van der Waals surface area contributed by atoms with Crippen molar-refractivity contribution in [2.24, 2.45) is 0 Å². The van der Waals surface area contributed by atoms with E-state index in [9.17, 15) is 13.6 Å². The molecule has 0 radical (unpaired) electrons. The molecule has 0 saturated carbocycles. The van der Waals surface area contributed by atoms with E-state index >= 15 is 0 Å². The number of hydrogen-bond acceptors (Lipinski definition) is 4. The van der Waals surface area contributed by atoms with Gasteiger partial charge in [0.2, 0.25) is 0 Å². The molecule has 2 aromatic rings. The molecular formula is C22H27BrF2N2O2S. The maximum atomic E-state index is 11.9. The third kappa shape index (κ3) is 11.7. The highest BCUT2D eigenvalue weighted by Gasteiger charge is 2.22. The first-order chi connectivity index (χ1) is 14.1. The van der Waals surface area contributed by atoms with Crippen LogP contribution < -0.4 is 5.32 Å². The molecule has 1 aromatic carbocycles. The van der Waals surface area contributed by atoms with Crippen molar-refractivity contribution in [1.82, 2.24) is 10.3 Å². The number of terminal acetylenes is 1. The fourth-order valence-electron chi connectivity index (χ4n) is 2.09. The number of amides is 1. The van der Waals surface area contributed by atoms with Crippen molar-refractivity contribution < 1.29 is 18.3 Å². The summed E-state index contributed by atoms with van der Waals surface area (Å²) in [4.78, 5) is 17.1. The summed E-state index contributed by atoms with van der Waals surface area (Å²) in [6.07, 6.45) is 12.2. The van der Waals surface area contributed by atoms with Crippen LogP contribution in [0.15, 0.2) is 47.0 Å². The Bertz CT molecular complexity index is 783. The maximum Gasteiger partial charge on any atom is 0.408 e. The number of alkyl carbamates (subject to hydrolysis) is 1. The number of ether oxygens (including phenoxy) is 1. The largest absolute Gasteiger partial charge is 0.444 e. The second-order valence-corrected chi connectivity index (χ2v) is 8.48. The van der Waals surface area contributed by atoms with E-state index < -0.39 is 23.3 Å². The molecule has 8 heteroatoms. The predicted molar refractivity (Wildman–Crippen MR) is 122 cm³/mol. The molecule has 1 atom stereocenters. The van der Waals surface area contributed by atoms with Crippen molar-refractivity contribution in [3.05, 3.63) is 63.5 Å². The highest BCUT2D eigenvalue weighted by molar-refractivity contribution is 9.10. The van der Waals surface area contributed by atoms with Crippen LogP contribution in [0.1, 0.15) is 51.0 Å². The van der Waals surface area contributed by atoms with Crippen LogP contribution in [0.2, 0.25) is 0 Å². The van der Waals surface area contributed by atoms with Crippen LogP contribution in [0.4, 0.5) is 13.6 Å². The average Bonchev–Trinajstić information content (AvgIpc) is 3.10. The highest BCUT2D eigenvalue weighted by atomic mass is 79.9. The molecule has 1 aromatic heterocycles. The number of unbranched alkanes of at least 4 members (excludes halogenated alkanes) is 1. The van der Waals surface area contributed by atoms with Gasteiger partial charge < -0.3 is 10.1 Å². The van der Waals surface area contributed by atoms with E-state index in [0.717, 1.165) is 40.9 Å². The number of carbonyl (C=O) groups excluding carboxylic acids is 1. The van der Waals surface area contributed by atoms with Gasteiger partial charge >= 0.3 is 6.09 Å². The molecule has 0 unspecified atom stereocenters. The Balaban J connectivity index is 0.000000696. The summed E-state index contributed by atoms with van der Waals surface area (Å²) in [6, 6.07) is 4.95. The number of allylic oxidation sites excluding steroid dienone is 1. The van der Waals surface area contributed by atoms with Gasteiger partial charge in [0, 0.05) is 0 Å². The minimum atomic E-state index is -0.799. The number of benzene rings is 1. The van der Waals surface area contributed by atoms with Crippen LogP contribution in [-0.2, 0) is 4.74 Å². The van der Waals surface area contributed by atoms with Gasteiger partial charge in [-0.15, -0.1) is 30.8 Å². The van der Waals surface area contributed by atoms with Gasteiger partial charge in [0.1, 0.15) is 10.2 Å². The summed E-state index contributed by atoms with van der Waals surface area (Å²) in [7, 11) is 0. The van der Waals surface area contributed by atoms with E-state index in [4.69, 9.17) is 4.74 Å². The van der Waals surface area contributed by atoms with Crippen molar-refractivity contribution >= 4 is 33.4 Å². The van der Waals surface area contributed by atoms with Crippen LogP contribution in [0.5, 0.6) is 0 Å². The van der Waals surface area contributed by atoms with Gasteiger partial charge in [-0.05, 0) is 68.1 Å². The quantitative estimate of drug-likeness (QED) is 0.262. The summed E-state index contributed by atoms with van der Waals surface area (Å²) in [5.41, 5.74) is 1.26. The number of halogens is 3. The fourth-order valence-corrected chi connectivity index (χ4v) is 3.65. The lowest BCUT2D eigenvalue weighted by Gasteiger charge is -2.23. The first-order valence-electron chi connectivity index (χ1n) is 9.06. The Morgan fingerprint density at radius 3 is 2.30 bits per heavy atom. The molecule has 1 amide bonds. The summed E-state index contributed by atoms with van der Waals surface area (Å²) < 4.78 is 30.0. The van der Waals surface area contributed by atoms with Crippen LogP contribution >= 0.6 is 27.3 Å². The molecule has 0 saturated heterocycles. The number of carbonyl (C=O) groups is 1. The van der Waals surface area contributed by atoms with Gasteiger partial charge in [-0.3, -0.25) is 0 Å². The van der Waals surface area contributed by atoms with Crippen molar-refractivity contribution in [2.45, 2.75) is 51.7 Å². The molecule has 0 fully saturated rings. The molecule has 0 bridgehead atoms. The number of thiazole rings is 1. The van der Waals surface area contributed by atoms with E-state index in [1.165, 1.54) is 23.5 Å². The van der Waals surface area contributed by atoms with Crippen molar-refractivity contribution in [1.29, 1.82) is 0 Å². The topological polar surface area (TPSA) is 51.2 Å². The third-order valence-corrected chi connectivity index (χ3v) is 5.12. The first kappa shape index (κ1) is 27.8. The smallest absolute Gasteiger partial charge is 0.408 e. The van der Waals surface area contributed by atoms with E-state index in [0.29, 0.717) is 0 Å². The SMILES string of the molecule is C#C.C=CCCC[C@H](NC(=O)OC(C)(C)C)c1scnc1Br.Fc1ccccc1F. The van der Waals surface area contributed by atoms with Crippen LogP contribution in [-0.4, -0.2) is 16.7 Å². The molecule has 1 N–H and O–H groups in total. The zero-order valence-corrected chi connectivity index (χ0v) is 19.7. The standard InChI is InChI=1S/C14H21BrN2O2S.C6H4F2.C2H2/c1-5-6-7-8-10(11-12(15)16-9-20-11)17-13(18)19-14(2,3)4;7-5-3-1-2-4-6(5)8;1-2/h5,9-10H,1,6-8H2,2-4H3,(H,17,18);1-4H;1-2H/t10-;;/m0../s1. The molecule has 2 rings (SSSR count). The Hall–Kier alpha value is -2.24. The number of hydrogen-bond donors (Lipinski definition) is 1. The van der Waals surface area contributed by atoms with Gasteiger partial charge in [-0.2, -0.15) is 0 Å². The number of aromatic nitrogens is 1. The monoisotopic (exact) mass is 500 g/mol. The Labute approximate surface area is 189 Å². The predicted octanol–water partition coefficient (Wildman–Crippen LogP) is 7.04. The molecule has 0 spiro atoms. The lowest BCUT2D eigenvalue weighted by Crippen LogP contribution is -2.34. The first-order valence-corrected chi connectivity index (χ1v) is 10.7. The van der Waals surface area contributed by atoms with Crippen LogP contribution in [0.3, 0.4) is 0 Å². The van der Waals surface area contributed by atoms with Crippen LogP contribution in [0, 0.1) is 24.5 Å². The van der Waals surface area contributed by atoms with Gasteiger partial charge in [0.15, 0.2) is 11.6 Å². The highest BCUT2D eigenvalue weighted by Crippen LogP contribution is 2.30.